The number of aryl methyl sites for hydroxylation is 2. The topological polar surface area (TPSA) is 41.1 Å². The third-order valence-electron chi connectivity index (χ3n) is 3.31. The van der Waals surface area contributed by atoms with Crippen LogP contribution in [0.1, 0.15) is 37.2 Å². The van der Waals surface area contributed by atoms with E-state index in [0.717, 1.165) is 49.8 Å². The van der Waals surface area contributed by atoms with Crippen molar-refractivity contribution in [1.29, 1.82) is 0 Å². The molecule has 0 aromatic carbocycles. The van der Waals surface area contributed by atoms with Crippen molar-refractivity contribution in [3.05, 3.63) is 17.0 Å². The van der Waals surface area contributed by atoms with Crippen LogP contribution in [0.15, 0.2) is 0 Å². The maximum absolute atomic E-state index is 4.65. The first-order valence-corrected chi connectivity index (χ1v) is 6.87. The quantitative estimate of drug-likeness (QED) is 0.752. The first-order valence-electron chi connectivity index (χ1n) is 6.87. The zero-order chi connectivity index (χ0) is 13.5. The number of aromatic nitrogens is 2. The van der Waals surface area contributed by atoms with Gasteiger partial charge in [0.25, 0.3) is 0 Å². The molecule has 1 aromatic heterocycles. The molecule has 0 saturated heterocycles. The van der Waals surface area contributed by atoms with Gasteiger partial charge in [-0.25, -0.2) is 9.97 Å². The van der Waals surface area contributed by atoms with E-state index >= 15 is 0 Å². The maximum atomic E-state index is 4.65. The summed E-state index contributed by atoms with van der Waals surface area (Å²) >= 11 is 0. The van der Waals surface area contributed by atoms with E-state index < -0.39 is 0 Å². The molecule has 1 rings (SSSR count). The Morgan fingerprint density at radius 3 is 2.06 bits per heavy atom. The second-order valence-corrected chi connectivity index (χ2v) is 4.55. The van der Waals surface area contributed by atoms with Crippen molar-refractivity contribution in [1.82, 2.24) is 15.3 Å². The average Bonchev–Trinajstić information content (AvgIpc) is 2.34. The largest absolute Gasteiger partial charge is 0.341 e. The fourth-order valence-corrected chi connectivity index (χ4v) is 2.17. The lowest BCUT2D eigenvalue weighted by Crippen LogP contribution is -2.25. The summed E-state index contributed by atoms with van der Waals surface area (Å²) in [5.41, 5.74) is 3.56. The van der Waals surface area contributed by atoms with Crippen LogP contribution in [-0.2, 0) is 6.42 Å². The van der Waals surface area contributed by atoms with Gasteiger partial charge in [-0.2, -0.15) is 0 Å². The molecule has 4 nitrogen and oxygen atoms in total. The van der Waals surface area contributed by atoms with E-state index in [1.165, 1.54) is 5.56 Å². The second kappa shape index (κ2) is 7.31. The Labute approximate surface area is 111 Å². The lowest BCUT2D eigenvalue weighted by molar-refractivity contribution is 0.712. The molecule has 0 spiro atoms. The van der Waals surface area contributed by atoms with Crippen LogP contribution in [0.5, 0.6) is 0 Å². The van der Waals surface area contributed by atoms with Crippen LogP contribution in [0.2, 0.25) is 0 Å². The minimum absolute atomic E-state index is 0.868. The number of hydrogen-bond donors (Lipinski definition) is 1. The molecule has 0 atom stereocenters. The number of rotatable bonds is 7. The monoisotopic (exact) mass is 250 g/mol. The third-order valence-corrected chi connectivity index (χ3v) is 3.31. The van der Waals surface area contributed by atoms with Crippen molar-refractivity contribution in [2.24, 2.45) is 0 Å². The highest BCUT2D eigenvalue weighted by Crippen LogP contribution is 2.16. The van der Waals surface area contributed by atoms with Crippen molar-refractivity contribution in [2.45, 2.75) is 40.5 Å². The van der Waals surface area contributed by atoms with Crippen molar-refractivity contribution >= 4 is 5.95 Å². The number of hydrogen-bond acceptors (Lipinski definition) is 4. The molecule has 0 bridgehead atoms. The smallest absolute Gasteiger partial charge is 0.225 e. The summed E-state index contributed by atoms with van der Waals surface area (Å²) in [6.07, 6.45) is 2.18. The molecule has 1 N–H and O–H groups in total. The Balaban J connectivity index is 2.89. The van der Waals surface area contributed by atoms with Gasteiger partial charge in [0.05, 0.1) is 0 Å². The van der Waals surface area contributed by atoms with Crippen LogP contribution in [0.3, 0.4) is 0 Å². The van der Waals surface area contributed by atoms with Gasteiger partial charge in [-0.3, -0.25) is 0 Å². The highest BCUT2D eigenvalue weighted by atomic mass is 15.2. The predicted octanol–water partition coefficient (Wildman–Crippen LogP) is 2.09. The van der Waals surface area contributed by atoms with E-state index in [-0.39, 0.29) is 0 Å². The first-order chi connectivity index (χ1) is 8.63. The van der Waals surface area contributed by atoms with Gasteiger partial charge in [-0.15, -0.1) is 0 Å². The van der Waals surface area contributed by atoms with Crippen molar-refractivity contribution in [3.8, 4) is 0 Å². The van der Waals surface area contributed by atoms with E-state index in [2.05, 4.69) is 47.9 Å². The van der Waals surface area contributed by atoms with Gasteiger partial charge in [-0.05, 0) is 59.7 Å². The van der Waals surface area contributed by atoms with Gasteiger partial charge < -0.3 is 10.2 Å². The summed E-state index contributed by atoms with van der Waals surface area (Å²) < 4.78 is 0. The molecule has 1 heterocycles. The molecule has 1 aromatic rings. The Morgan fingerprint density at radius 1 is 1.06 bits per heavy atom. The summed E-state index contributed by atoms with van der Waals surface area (Å²) in [5, 5.41) is 3.18. The van der Waals surface area contributed by atoms with Gasteiger partial charge in [0.1, 0.15) is 0 Å². The molecular weight excluding hydrogens is 224 g/mol. The minimum Gasteiger partial charge on any atom is -0.341 e. The highest BCUT2D eigenvalue weighted by molar-refractivity contribution is 5.36. The van der Waals surface area contributed by atoms with E-state index in [4.69, 9.17) is 0 Å². The molecule has 0 saturated carbocycles. The molecule has 0 aliphatic heterocycles. The lowest BCUT2D eigenvalue weighted by Gasteiger charge is -2.20. The first kappa shape index (κ1) is 14.9. The second-order valence-electron chi connectivity index (χ2n) is 4.55. The highest BCUT2D eigenvalue weighted by Gasteiger charge is 2.11. The van der Waals surface area contributed by atoms with Crippen LogP contribution >= 0.6 is 0 Å². The maximum Gasteiger partial charge on any atom is 0.225 e. The fourth-order valence-electron chi connectivity index (χ4n) is 2.17. The molecule has 0 radical (unpaired) electrons. The van der Waals surface area contributed by atoms with Gasteiger partial charge in [-0.1, -0.05) is 0 Å². The lowest BCUT2D eigenvalue weighted by atomic mass is 10.1. The minimum atomic E-state index is 0.868. The van der Waals surface area contributed by atoms with Crippen molar-refractivity contribution < 1.29 is 0 Å². The SMILES string of the molecule is CCN(CC)c1nc(C)c(CCCNC)c(C)n1. The number of nitrogens with one attached hydrogen (secondary N) is 1. The molecule has 0 aliphatic carbocycles. The summed E-state index contributed by atoms with van der Waals surface area (Å²) in [6, 6.07) is 0. The Hall–Kier alpha value is -1.16. The van der Waals surface area contributed by atoms with Crippen molar-refractivity contribution in [2.75, 3.05) is 31.6 Å². The molecule has 0 amide bonds. The Kier molecular flexibility index (Phi) is 6.05. The van der Waals surface area contributed by atoms with E-state index in [9.17, 15) is 0 Å². The normalized spacial score (nSPS) is 10.7. The standard InChI is InChI=1S/C14H26N4/c1-6-18(7-2)14-16-11(3)13(12(4)17-14)9-8-10-15-5/h15H,6-10H2,1-5H3. The molecule has 18 heavy (non-hydrogen) atoms. The van der Waals surface area contributed by atoms with E-state index in [1.54, 1.807) is 0 Å². The summed E-state index contributed by atoms with van der Waals surface area (Å²) in [5.74, 6) is 0.868. The average molecular weight is 250 g/mol. The van der Waals surface area contributed by atoms with Crippen LogP contribution in [-0.4, -0.2) is 36.6 Å². The molecule has 0 fully saturated rings. The van der Waals surface area contributed by atoms with Crippen LogP contribution in [0, 0.1) is 13.8 Å². The molecule has 102 valence electrons. The van der Waals surface area contributed by atoms with Crippen LogP contribution in [0.25, 0.3) is 0 Å². The molecule has 0 unspecified atom stereocenters. The van der Waals surface area contributed by atoms with Gasteiger partial charge >= 0.3 is 0 Å². The Morgan fingerprint density at radius 2 is 1.61 bits per heavy atom. The molecule has 4 heteroatoms. The summed E-state index contributed by atoms with van der Waals surface area (Å²) in [4.78, 5) is 11.5. The molecule has 0 aliphatic rings. The fraction of sp³-hybridized carbons (Fsp3) is 0.714. The zero-order valence-electron chi connectivity index (χ0n) is 12.4. The predicted molar refractivity (Wildman–Crippen MR) is 77.3 cm³/mol. The third kappa shape index (κ3) is 3.67. The van der Waals surface area contributed by atoms with Crippen LogP contribution < -0.4 is 10.2 Å². The number of anilines is 1. The van der Waals surface area contributed by atoms with Crippen molar-refractivity contribution in [3.63, 3.8) is 0 Å². The van der Waals surface area contributed by atoms with E-state index in [1.807, 2.05) is 7.05 Å². The zero-order valence-corrected chi connectivity index (χ0v) is 12.4. The van der Waals surface area contributed by atoms with Gasteiger partial charge in [0, 0.05) is 24.5 Å². The summed E-state index contributed by atoms with van der Waals surface area (Å²) in [7, 11) is 1.99. The van der Waals surface area contributed by atoms with Gasteiger partial charge in [0.2, 0.25) is 5.95 Å². The number of nitrogens with zero attached hydrogens (tertiary/aromatic N) is 3. The van der Waals surface area contributed by atoms with Crippen LogP contribution in [0.4, 0.5) is 5.95 Å². The molecular formula is C14H26N4. The van der Waals surface area contributed by atoms with E-state index in [0.29, 0.717) is 0 Å². The Bertz CT molecular complexity index is 349. The summed E-state index contributed by atoms with van der Waals surface area (Å²) in [6.45, 7) is 11.4. The van der Waals surface area contributed by atoms with Gasteiger partial charge in [0.15, 0.2) is 0 Å².